The van der Waals surface area contributed by atoms with Crippen LogP contribution in [0.3, 0.4) is 0 Å². The Hall–Kier alpha value is -1.57. The summed E-state index contributed by atoms with van der Waals surface area (Å²) >= 11 is 0. The van der Waals surface area contributed by atoms with Crippen molar-refractivity contribution in [3.63, 3.8) is 0 Å². The molecule has 1 aromatic heterocycles. The quantitative estimate of drug-likeness (QED) is 0.856. The van der Waals surface area contributed by atoms with E-state index in [1.165, 1.54) is 40.7 Å². The van der Waals surface area contributed by atoms with E-state index in [0.29, 0.717) is 5.92 Å². The van der Waals surface area contributed by atoms with E-state index in [-0.39, 0.29) is 5.41 Å². The predicted octanol–water partition coefficient (Wildman–Crippen LogP) is 4.45. The van der Waals surface area contributed by atoms with Crippen molar-refractivity contribution in [2.24, 2.45) is 0 Å². The lowest BCUT2D eigenvalue weighted by Gasteiger charge is -2.22. The maximum absolute atomic E-state index is 4.97. The number of nitrogens with one attached hydrogen (secondary N) is 1. The Labute approximate surface area is 115 Å². The zero-order valence-corrected chi connectivity index (χ0v) is 12.2. The summed E-state index contributed by atoms with van der Waals surface area (Å²) in [6.07, 6.45) is 2.58. The maximum atomic E-state index is 4.97. The smallest absolute Gasteiger partial charge is 0.0763 e. The minimum Gasteiger partial charge on any atom is -0.388 e. The molecule has 1 aliphatic carbocycles. The normalized spacial score (nSPS) is 15.8. The van der Waals surface area contributed by atoms with Gasteiger partial charge in [0.1, 0.15) is 0 Å². The van der Waals surface area contributed by atoms with Crippen LogP contribution in [-0.4, -0.2) is 12.0 Å². The number of fused-ring (bicyclic) bond motifs is 1. The van der Waals surface area contributed by atoms with Gasteiger partial charge in [0.25, 0.3) is 0 Å². The molecule has 0 saturated heterocycles. The Balaban J connectivity index is 2.31. The van der Waals surface area contributed by atoms with E-state index in [1.807, 2.05) is 7.05 Å². The molecular formula is C17H22N2. The molecular weight excluding hydrogens is 232 g/mol. The summed E-state index contributed by atoms with van der Waals surface area (Å²) in [5.74, 6) is 0.685. The average molecular weight is 254 g/mol. The zero-order valence-electron chi connectivity index (χ0n) is 12.2. The molecule has 0 spiro atoms. The van der Waals surface area contributed by atoms with Crippen LogP contribution in [-0.2, 0) is 5.41 Å². The summed E-state index contributed by atoms with van der Waals surface area (Å²) in [5.41, 5.74) is 5.10. The molecule has 1 saturated carbocycles. The highest BCUT2D eigenvalue weighted by Gasteiger charge is 2.27. The molecule has 2 heteroatoms. The van der Waals surface area contributed by atoms with E-state index in [2.05, 4.69) is 50.4 Å². The molecule has 1 aliphatic rings. The average Bonchev–Trinajstić information content (AvgIpc) is 3.19. The highest BCUT2D eigenvalue weighted by atomic mass is 14.8. The SMILES string of the molecule is CNc1cc(C2CC2)nc2c(C(C)(C)C)cccc12. The van der Waals surface area contributed by atoms with Crippen LogP contribution < -0.4 is 5.32 Å². The molecule has 0 unspecified atom stereocenters. The Morgan fingerprint density at radius 1 is 1.21 bits per heavy atom. The highest BCUT2D eigenvalue weighted by Crippen LogP contribution is 2.42. The van der Waals surface area contributed by atoms with E-state index in [9.17, 15) is 0 Å². The molecule has 0 bridgehead atoms. The Morgan fingerprint density at radius 3 is 2.53 bits per heavy atom. The number of aromatic nitrogens is 1. The van der Waals surface area contributed by atoms with Crippen molar-refractivity contribution in [3.05, 3.63) is 35.5 Å². The molecule has 2 aromatic rings. The van der Waals surface area contributed by atoms with Crippen LogP contribution in [0, 0.1) is 0 Å². The topological polar surface area (TPSA) is 24.9 Å². The van der Waals surface area contributed by atoms with Crippen molar-refractivity contribution in [2.75, 3.05) is 12.4 Å². The minimum atomic E-state index is 0.125. The van der Waals surface area contributed by atoms with Gasteiger partial charge in [-0.25, -0.2) is 0 Å². The minimum absolute atomic E-state index is 0.125. The molecule has 0 radical (unpaired) electrons. The zero-order chi connectivity index (χ0) is 13.6. The monoisotopic (exact) mass is 254 g/mol. The molecule has 1 fully saturated rings. The number of anilines is 1. The van der Waals surface area contributed by atoms with Crippen molar-refractivity contribution in [2.45, 2.75) is 44.9 Å². The molecule has 0 aliphatic heterocycles. The van der Waals surface area contributed by atoms with Crippen molar-refractivity contribution in [1.29, 1.82) is 0 Å². The molecule has 2 nitrogen and oxygen atoms in total. The van der Waals surface area contributed by atoms with Gasteiger partial charge in [-0.15, -0.1) is 0 Å². The van der Waals surface area contributed by atoms with Gasteiger partial charge in [-0.2, -0.15) is 0 Å². The van der Waals surface area contributed by atoms with Gasteiger partial charge in [-0.3, -0.25) is 4.98 Å². The van der Waals surface area contributed by atoms with E-state index in [1.54, 1.807) is 0 Å². The summed E-state index contributed by atoms with van der Waals surface area (Å²) in [6, 6.07) is 8.75. The fourth-order valence-corrected chi connectivity index (χ4v) is 2.67. The number of para-hydroxylation sites is 1. The Kier molecular flexibility index (Phi) is 2.77. The number of pyridine rings is 1. The van der Waals surface area contributed by atoms with Crippen molar-refractivity contribution < 1.29 is 0 Å². The first kappa shape index (κ1) is 12.5. The molecule has 1 aromatic carbocycles. The van der Waals surface area contributed by atoms with E-state index < -0.39 is 0 Å². The van der Waals surface area contributed by atoms with Crippen molar-refractivity contribution in [3.8, 4) is 0 Å². The van der Waals surface area contributed by atoms with Gasteiger partial charge in [0.2, 0.25) is 0 Å². The predicted molar refractivity (Wildman–Crippen MR) is 82.0 cm³/mol. The summed E-state index contributed by atoms with van der Waals surface area (Å²) < 4.78 is 0. The van der Waals surface area contributed by atoms with Crippen LogP contribution in [0.5, 0.6) is 0 Å². The van der Waals surface area contributed by atoms with Crippen LogP contribution in [0.1, 0.15) is 50.8 Å². The van der Waals surface area contributed by atoms with E-state index >= 15 is 0 Å². The molecule has 19 heavy (non-hydrogen) atoms. The number of hydrogen-bond acceptors (Lipinski definition) is 2. The highest BCUT2D eigenvalue weighted by molar-refractivity contribution is 5.94. The second kappa shape index (κ2) is 4.22. The second-order valence-corrected chi connectivity index (χ2v) is 6.57. The van der Waals surface area contributed by atoms with E-state index in [4.69, 9.17) is 4.98 Å². The molecule has 0 atom stereocenters. The maximum Gasteiger partial charge on any atom is 0.0763 e. The lowest BCUT2D eigenvalue weighted by atomic mass is 9.85. The second-order valence-electron chi connectivity index (χ2n) is 6.57. The van der Waals surface area contributed by atoms with Gasteiger partial charge < -0.3 is 5.32 Å². The Morgan fingerprint density at radius 2 is 1.95 bits per heavy atom. The molecule has 3 rings (SSSR count). The first-order chi connectivity index (χ1) is 9.00. The van der Waals surface area contributed by atoms with E-state index in [0.717, 1.165) is 0 Å². The molecule has 0 amide bonds. The molecule has 1 N–H and O–H groups in total. The third-order valence-electron chi connectivity index (χ3n) is 3.93. The number of nitrogens with zero attached hydrogens (tertiary/aromatic N) is 1. The summed E-state index contributed by atoms with van der Waals surface area (Å²) in [6.45, 7) is 6.77. The van der Waals surface area contributed by atoms with Crippen LogP contribution in [0.2, 0.25) is 0 Å². The number of benzene rings is 1. The van der Waals surface area contributed by atoms with Crippen LogP contribution in [0.15, 0.2) is 24.3 Å². The van der Waals surface area contributed by atoms with Crippen LogP contribution >= 0.6 is 0 Å². The number of hydrogen-bond donors (Lipinski definition) is 1. The lowest BCUT2D eigenvalue weighted by molar-refractivity contribution is 0.594. The number of rotatable bonds is 2. The first-order valence-electron chi connectivity index (χ1n) is 7.12. The standard InChI is InChI=1S/C17H22N2/c1-17(2,3)13-7-5-6-12-15(18-4)10-14(11-8-9-11)19-16(12)13/h5-7,10-11H,8-9H2,1-4H3,(H,18,19). The molecule has 1 heterocycles. The van der Waals surface area contributed by atoms with Crippen molar-refractivity contribution >= 4 is 16.6 Å². The van der Waals surface area contributed by atoms with Gasteiger partial charge in [-0.05, 0) is 29.9 Å². The summed E-state index contributed by atoms with van der Waals surface area (Å²) in [5, 5.41) is 4.57. The van der Waals surface area contributed by atoms with Crippen molar-refractivity contribution in [1.82, 2.24) is 4.98 Å². The van der Waals surface area contributed by atoms with Crippen LogP contribution in [0.25, 0.3) is 10.9 Å². The summed E-state index contributed by atoms with van der Waals surface area (Å²) in [7, 11) is 2.00. The van der Waals surface area contributed by atoms with Gasteiger partial charge in [0.15, 0.2) is 0 Å². The fraction of sp³-hybridized carbons (Fsp3) is 0.471. The fourth-order valence-electron chi connectivity index (χ4n) is 2.67. The molecule has 100 valence electrons. The van der Waals surface area contributed by atoms with Gasteiger partial charge in [-0.1, -0.05) is 39.0 Å². The third kappa shape index (κ3) is 2.20. The van der Waals surface area contributed by atoms with Gasteiger partial charge in [0.05, 0.1) is 5.52 Å². The largest absolute Gasteiger partial charge is 0.388 e. The third-order valence-corrected chi connectivity index (χ3v) is 3.93. The van der Waals surface area contributed by atoms with Gasteiger partial charge >= 0.3 is 0 Å². The van der Waals surface area contributed by atoms with Crippen LogP contribution in [0.4, 0.5) is 5.69 Å². The Bertz CT molecular complexity index is 619. The lowest BCUT2D eigenvalue weighted by Crippen LogP contribution is -2.13. The summed E-state index contributed by atoms with van der Waals surface area (Å²) in [4.78, 5) is 4.97. The first-order valence-corrected chi connectivity index (χ1v) is 7.12. The van der Waals surface area contributed by atoms with Gasteiger partial charge in [0, 0.05) is 29.7 Å².